The number of nitrogen functional groups attached to an aromatic ring is 1. The highest BCUT2D eigenvalue weighted by molar-refractivity contribution is 5.84. The van der Waals surface area contributed by atoms with E-state index in [1.54, 1.807) is 6.07 Å². The normalized spacial score (nSPS) is 15.0. The van der Waals surface area contributed by atoms with E-state index < -0.39 is 4.92 Å². The number of nitro benzene ring substituents is 1. The maximum atomic E-state index is 10.8. The molecule has 0 saturated carbocycles. The van der Waals surface area contributed by atoms with E-state index in [0.29, 0.717) is 11.3 Å². The Balaban J connectivity index is 2.37. The van der Waals surface area contributed by atoms with Crippen molar-refractivity contribution in [3.8, 4) is 0 Å². The molecule has 0 aliphatic heterocycles. The Morgan fingerprint density at radius 2 is 2.17 bits per heavy atom. The van der Waals surface area contributed by atoms with Crippen LogP contribution in [0.15, 0.2) is 36.4 Å². The Bertz CT molecular complexity index is 533. The molecule has 0 saturated heterocycles. The number of nitrogens with two attached hydrogens (primary N) is 1. The second kappa shape index (κ2) is 5.04. The third kappa shape index (κ3) is 2.42. The second-order valence-electron chi connectivity index (χ2n) is 4.48. The van der Waals surface area contributed by atoms with Crippen molar-refractivity contribution in [2.24, 2.45) is 0 Å². The van der Waals surface area contributed by atoms with Gasteiger partial charge in [0.2, 0.25) is 0 Å². The molecule has 0 bridgehead atoms. The number of rotatable bonds is 3. The van der Waals surface area contributed by atoms with Crippen molar-refractivity contribution in [1.29, 1.82) is 0 Å². The highest BCUT2D eigenvalue weighted by Gasteiger charge is 2.15. The molecule has 1 aromatic rings. The average Bonchev–Trinajstić information content (AvgIpc) is 2.39. The van der Waals surface area contributed by atoms with Crippen molar-refractivity contribution in [2.75, 3.05) is 5.73 Å². The van der Waals surface area contributed by atoms with Gasteiger partial charge in [-0.05, 0) is 42.9 Å². The summed E-state index contributed by atoms with van der Waals surface area (Å²) >= 11 is 0. The molecule has 2 N–H and O–H groups in total. The van der Waals surface area contributed by atoms with Crippen LogP contribution in [0.25, 0.3) is 5.57 Å². The number of benzene rings is 1. The van der Waals surface area contributed by atoms with Crippen LogP contribution in [0.2, 0.25) is 0 Å². The lowest BCUT2D eigenvalue weighted by molar-refractivity contribution is -0.384. The van der Waals surface area contributed by atoms with Crippen molar-refractivity contribution in [1.82, 2.24) is 0 Å². The van der Waals surface area contributed by atoms with E-state index >= 15 is 0 Å². The first-order valence-electron chi connectivity index (χ1n) is 6.02. The lowest BCUT2D eigenvalue weighted by atomic mass is 9.90. The molecule has 0 fully saturated rings. The quantitative estimate of drug-likeness (QED) is 0.500. The minimum absolute atomic E-state index is 0.0526. The first-order chi connectivity index (χ1) is 8.59. The lowest BCUT2D eigenvalue weighted by Gasteiger charge is -2.16. The van der Waals surface area contributed by atoms with Crippen molar-refractivity contribution in [3.05, 3.63) is 52.1 Å². The van der Waals surface area contributed by atoms with Crippen LogP contribution in [0.1, 0.15) is 31.2 Å². The zero-order chi connectivity index (χ0) is 13.1. The topological polar surface area (TPSA) is 69.2 Å². The molecule has 0 unspecified atom stereocenters. The molecule has 0 aromatic heterocycles. The number of hydrogen-bond donors (Lipinski definition) is 1. The SMILES string of the molecule is C=C(C1=CCCCC1)c1cc([N+](=O)[O-])ccc1N. The molecule has 1 aromatic carbocycles. The van der Waals surface area contributed by atoms with E-state index in [1.165, 1.54) is 18.6 Å². The molecule has 4 heteroatoms. The number of hydrogen-bond acceptors (Lipinski definition) is 3. The van der Waals surface area contributed by atoms with E-state index in [2.05, 4.69) is 12.7 Å². The third-order valence-electron chi connectivity index (χ3n) is 3.25. The maximum absolute atomic E-state index is 10.8. The zero-order valence-electron chi connectivity index (χ0n) is 10.2. The van der Waals surface area contributed by atoms with Gasteiger partial charge < -0.3 is 5.73 Å². The van der Waals surface area contributed by atoms with E-state index in [0.717, 1.165) is 30.4 Å². The van der Waals surface area contributed by atoms with Gasteiger partial charge in [-0.1, -0.05) is 12.7 Å². The van der Waals surface area contributed by atoms with Gasteiger partial charge in [0, 0.05) is 23.4 Å². The van der Waals surface area contributed by atoms with E-state index in [1.807, 2.05) is 0 Å². The minimum atomic E-state index is -0.411. The van der Waals surface area contributed by atoms with Crippen LogP contribution in [0, 0.1) is 10.1 Å². The number of nitrogens with zero attached hydrogens (tertiary/aromatic N) is 1. The van der Waals surface area contributed by atoms with Gasteiger partial charge in [0.25, 0.3) is 5.69 Å². The van der Waals surface area contributed by atoms with Crippen LogP contribution in [0.3, 0.4) is 0 Å². The average molecular weight is 244 g/mol. The van der Waals surface area contributed by atoms with Crippen LogP contribution in [-0.2, 0) is 0 Å². The third-order valence-corrected chi connectivity index (χ3v) is 3.25. The fourth-order valence-corrected chi connectivity index (χ4v) is 2.20. The number of nitro groups is 1. The number of non-ortho nitro benzene ring substituents is 1. The molecule has 0 heterocycles. The number of anilines is 1. The smallest absolute Gasteiger partial charge is 0.270 e. The summed E-state index contributed by atoms with van der Waals surface area (Å²) in [5, 5.41) is 10.8. The fraction of sp³-hybridized carbons (Fsp3) is 0.286. The van der Waals surface area contributed by atoms with Crippen LogP contribution in [0.5, 0.6) is 0 Å². The molecule has 4 nitrogen and oxygen atoms in total. The largest absolute Gasteiger partial charge is 0.398 e. The monoisotopic (exact) mass is 244 g/mol. The molecule has 0 radical (unpaired) electrons. The highest BCUT2D eigenvalue weighted by atomic mass is 16.6. The Morgan fingerprint density at radius 1 is 1.39 bits per heavy atom. The molecule has 0 atom stereocenters. The summed E-state index contributed by atoms with van der Waals surface area (Å²) in [6, 6.07) is 4.50. The summed E-state index contributed by atoms with van der Waals surface area (Å²) in [4.78, 5) is 10.4. The Morgan fingerprint density at radius 3 is 2.78 bits per heavy atom. The minimum Gasteiger partial charge on any atom is -0.398 e. The molecule has 1 aliphatic carbocycles. The molecule has 94 valence electrons. The lowest BCUT2D eigenvalue weighted by Crippen LogP contribution is -2.00. The summed E-state index contributed by atoms with van der Waals surface area (Å²) in [5.41, 5.74) is 9.13. The van der Waals surface area contributed by atoms with Gasteiger partial charge in [0.15, 0.2) is 0 Å². The summed E-state index contributed by atoms with van der Waals surface area (Å²) in [6.07, 6.45) is 6.51. The molecule has 0 amide bonds. The van der Waals surface area contributed by atoms with Crippen LogP contribution in [-0.4, -0.2) is 4.92 Å². The summed E-state index contributed by atoms with van der Waals surface area (Å²) < 4.78 is 0. The molecular formula is C14H16N2O2. The highest BCUT2D eigenvalue weighted by Crippen LogP contribution is 2.34. The van der Waals surface area contributed by atoms with Gasteiger partial charge in [-0.25, -0.2) is 0 Å². The fourth-order valence-electron chi connectivity index (χ4n) is 2.20. The summed E-state index contributed by atoms with van der Waals surface area (Å²) in [7, 11) is 0. The first kappa shape index (κ1) is 12.4. The van der Waals surface area contributed by atoms with Gasteiger partial charge in [-0.15, -0.1) is 0 Å². The molecular weight excluding hydrogens is 228 g/mol. The predicted molar refractivity (Wildman–Crippen MR) is 73.1 cm³/mol. The molecule has 1 aliphatic rings. The second-order valence-corrected chi connectivity index (χ2v) is 4.48. The zero-order valence-corrected chi connectivity index (χ0v) is 10.2. The predicted octanol–water partition coefficient (Wildman–Crippen LogP) is 3.69. The summed E-state index contributed by atoms with van der Waals surface area (Å²) in [5.74, 6) is 0. The van der Waals surface area contributed by atoms with Crippen molar-refractivity contribution < 1.29 is 4.92 Å². The van der Waals surface area contributed by atoms with Crippen molar-refractivity contribution in [3.63, 3.8) is 0 Å². The van der Waals surface area contributed by atoms with Crippen molar-refractivity contribution >= 4 is 16.9 Å². The van der Waals surface area contributed by atoms with E-state index in [-0.39, 0.29) is 5.69 Å². The van der Waals surface area contributed by atoms with Crippen LogP contribution >= 0.6 is 0 Å². The Hall–Kier alpha value is -2.10. The molecule has 18 heavy (non-hydrogen) atoms. The summed E-state index contributed by atoms with van der Waals surface area (Å²) in [6.45, 7) is 4.04. The Labute approximate surface area is 106 Å². The van der Waals surface area contributed by atoms with Gasteiger partial charge in [0.1, 0.15) is 0 Å². The van der Waals surface area contributed by atoms with Gasteiger partial charge in [-0.3, -0.25) is 10.1 Å². The number of allylic oxidation sites excluding steroid dienone is 3. The van der Waals surface area contributed by atoms with Crippen LogP contribution < -0.4 is 5.73 Å². The molecule has 2 rings (SSSR count). The van der Waals surface area contributed by atoms with Gasteiger partial charge in [0.05, 0.1) is 4.92 Å². The van der Waals surface area contributed by atoms with Crippen LogP contribution in [0.4, 0.5) is 11.4 Å². The van der Waals surface area contributed by atoms with Gasteiger partial charge >= 0.3 is 0 Å². The first-order valence-corrected chi connectivity index (χ1v) is 6.02. The maximum Gasteiger partial charge on any atom is 0.270 e. The van der Waals surface area contributed by atoms with E-state index in [4.69, 9.17) is 5.73 Å². The molecule has 0 spiro atoms. The standard InChI is InChI=1S/C14H16N2O2/c1-10(11-5-3-2-4-6-11)13-9-12(16(17)18)7-8-14(13)15/h5,7-9H,1-4,6,15H2. The van der Waals surface area contributed by atoms with Crippen molar-refractivity contribution in [2.45, 2.75) is 25.7 Å². The van der Waals surface area contributed by atoms with Gasteiger partial charge in [-0.2, -0.15) is 0 Å². The van der Waals surface area contributed by atoms with E-state index in [9.17, 15) is 10.1 Å². The Kier molecular flexibility index (Phi) is 3.46.